The molecule has 2 N–H and O–H groups in total. The number of carbonyl (C=O) groups excluding carboxylic acids is 1. The van der Waals surface area contributed by atoms with Crippen LogP contribution in [0.4, 0.5) is 0 Å². The molecule has 0 aliphatic carbocycles. The molecule has 0 saturated carbocycles. The van der Waals surface area contributed by atoms with Crippen LogP contribution in [-0.2, 0) is 11.2 Å². The summed E-state index contributed by atoms with van der Waals surface area (Å²) in [7, 11) is 1.54. The summed E-state index contributed by atoms with van der Waals surface area (Å²) >= 11 is 6.19. The standard InChI is InChI=1S/C21H19ClN2O5/c1-12(21(27)28)19-18(17(25)11-13-7-9-14(29-2)10-8-13)20(26)24(23-19)16-6-4-3-5-15(16)22/h3-10,12,26H,11H2,1-2H3,(H,27,28). The summed E-state index contributed by atoms with van der Waals surface area (Å²) in [6.07, 6.45) is -0.0366. The Balaban J connectivity index is 2.06. The second-order valence-electron chi connectivity index (χ2n) is 6.46. The summed E-state index contributed by atoms with van der Waals surface area (Å²) in [5.41, 5.74) is 0.882. The number of nitrogens with zero attached hydrogens (tertiary/aromatic N) is 2. The molecule has 1 atom stereocenters. The van der Waals surface area contributed by atoms with E-state index in [9.17, 15) is 19.8 Å². The number of hydrogen-bond acceptors (Lipinski definition) is 5. The lowest BCUT2D eigenvalue weighted by atomic mass is 9.97. The van der Waals surface area contributed by atoms with Crippen LogP contribution in [0.25, 0.3) is 5.69 Å². The normalized spacial score (nSPS) is 11.8. The third-order valence-electron chi connectivity index (χ3n) is 4.55. The number of halogens is 1. The van der Waals surface area contributed by atoms with Gasteiger partial charge in [-0.3, -0.25) is 9.59 Å². The number of ether oxygens (including phenoxy) is 1. The van der Waals surface area contributed by atoms with Crippen molar-refractivity contribution in [1.29, 1.82) is 0 Å². The topological polar surface area (TPSA) is 102 Å². The zero-order valence-electron chi connectivity index (χ0n) is 15.8. The van der Waals surface area contributed by atoms with Crippen molar-refractivity contribution in [2.24, 2.45) is 0 Å². The summed E-state index contributed by atoms with van der Waals surface area (Å²) in [5.74, 6) is -2.50. The van der Waals surface area contributed by atoms with Gasteiger partial charge in [-0.25, -0.2) is 0 Å². The van der Waals surface area contributed by atoms with Crippen LogP contribution >= 0.6 is 11.6 Å². The molecule has 0 radical (unpaired) electrons. The fraction of sp³-hybridized carbons (Fsp3) is 0.190. The lowest BCUT2D eigenvalue weighted by Crippen LogP contribution is -2.13. The third kappa shape index (κ3) is 4.09. The molecule has 0 spiro atoms. The average Bonchev–Trinajstić information content (AvgIpc) is 3.05. The van der Waals surface area contributed by atoms with Crippen molar-refractivity contribution in [3.63, 3.8) is 0 Å². The Bertz CT molecular complexity index is 1060. The van der Waals surface area contributed by atoms with Crippen LogP contribution < -0.4 is 4.74 Å². The minimum absolute atomic E-state index is 0.0200. The minimum Gasteiger partial charge on any atom is -0.497 e. The van der Waals surface area contributed by atoms with Gasteiger partial charge in [0.2, 0.25) is 5.88 Å². The predicted molar refractivity (Wildman–Crippen MR) is 107 cm³/mol. The van der Waals surface area contributed by atoms with Crippen molar-refractivity contribution in [3.8, 4) is 17.3 Å². The number of aliphatic carboxylic acids is 1. The Kier molecular flexibility index (Phi) is 5.89. The lowest BCUT2D eigenvalue weighted by Gasteiger charge is -2.07. The molecule has 0 aliphatic heterocycles. The van der Waals surface area contributed by atoms with Gasteiger partial charge >= 0.3 is 5.97 Å². The molecule has 3 rings (SSSR count). The van der Waals surface area contributed by atoms with E-state index < -0.39 is 23.6 Å². The Hall–Kier alpha value is -3.32. The van der Waals surface area contributed by atoms with E-state index in [0.29, 0.717) is 22.0 Å². The number of hydrogen-bond donors (Lipinski definition) is 2. The van der Waals surface area contributed by atoms with Gasteiger partial charge in [-0.15, -0.1) is 0 Å². The molecular weight excluding hydrogens is 396 g/mol. The second-order valence-corrected chi connectivity index (χ2v) is 6.86. The van der Waals surface area contributed by atoms with Gasteiger partial charge in [0.15, 0.2) is 5.78 Å². The summed E-state index contributed by atoms with van der Waals surface area (Å²) in [4.78, 5) is 24.5. The quantitative estimate of drug-likeness (QED) is 0.569. The van der Waals surface area contributed by atoms with E-state index in [1.807, 2.05) is 0 Å². The van der Waals surface area contributed by atoms with Gasteiger partial charge in [0, 0.05) is 6.42 Å². The highest BCUT2D eigenvalue weighted by atomic mass is 35.5. The van der Waals surface area contributed by atoms with Crippen LogP contribution in [0.2, 0.25) is 5.02 Å². The van der Waals surface area contributed by atoms with E-state index in [0.717, 1.165) is 4.68 Å². The first-order valence-electron chi connectivity index (χ1n) is 8.79. The summed E-state index contributed by atoms with van der Waals surface area (Å²) in [5, 5.41) is 24.7. The van der Waals surface area contributed by atoms with Gasteiger partial charge in [0.25, 0.3) is 0 Å². The molecule has 29 heavy (non-hydrogen) atoms. The number of ketones is 1. The van der Waals surface area contributed by atoms with E-state index in [1.54, 1.807) is 55.6 Å². The highest BCUT2D eigenvalue weighted by Gasteiger charge is 2.31. The molecule has 2 aromatic carbocycles. The van der Waals surface area contributed by atoms with Gasteiger partial charge in [-0.1, -0.05) is 35.9 Å². The highest BCUT2D eigenvalue weighted by Crippen LogP contribution is 2.33. The number of Topliss-reactive ketones (excluding diaryl/α,β-unsaturated/α-hetero) is 1. The second kappa shape index (κ2) is 8.36. The number of methoxy groups -OCH3 is 1. The maximum absolute atomic E-state index is 13.0. The molecule has 1 unspecified atom stereocenters. The summed E-state index contributed by atoms with van der Waals surface area (Å²) in [6, 6.07) is 13.5. The van der Waals surface area contributed by atoms with Crippen LogP contribution in [0.5, 0.6) is 11.6 Å². The van der Waals surface area contributed by atoms with Crippen LogP contribution in [-0.4, -0.2) is 38.9 Å². The maximum atomic E-state index is 13.0. The maximum Gasteiger partial charge on any atom is 0.312 e. The van der Waals surface area contributed by atoms with Crippen molar-refractivity contribution in [1.82, 2.24) is 9.78 Å². The van der Waals surface area contributed by atoms with Crippen molar-refractivity contribution in [2.45, 2.75) is 19.3 Å². The molecule has 150 valence electrons. The first-order valence-corrected chi connectivity index (χ1v) is 9.17. The molecule has 0 saturated heterocycles. The SMILES string of the molecule is COc1ccc(CC(=O)c2c(C(C)C(=O)O)nn(-c3ccccc3Cl)c2O)cc1. The van der Waals surface area contributed by atoms with E-state index in [-0.39, 0.29) is 17.7 Å². The zero-order valence-corrected chi connectivity index (χ0v) is 16.6. The number of aromatic nitrogens is 2. The molecule has 0 fully saturated rings. The van der Waals surface area contributed by atoms with Gasteiger partial charge in [0.05, 0.1) is 29.4 Å². The van der Waals surface area contributed by atoms with Crippen molar-refractivity contribution in [3.05, 3.63) is 70.4 Å². The van der Waals surface area contributed by atoms with Gasteiger partial charge in [-0.05, 0) is 36.8 Å². The van der Waals surface area contributed by atoms with Crippen molar-refractivity contribution >= 4 is 23.4 Å². The van der Waals surface area contributed by atoms with E-state index in [1.165, 1.54) is 6.92 Å². The molecule has 7 nitrogen and oxygen atoms in total. The van der Waals surface area contributed by atoms with Crippen LogP contribution in [0.3, 0.4) is 0 Å². The Morgan fingerprint density at radius 1 is 1.17 bits per heavy atom. The molecule has 3 aromatic rings. The summed E-state index contributed by atoms with van der Waals surface area (Å²) < 4.78 is 6.20. The largest absolute Gasteiger partial charge is 0.497 e. The highest BCUT2D eigenvalue weighted by molar-refractivity contribution is 6.32. The fourth-order valence-electron chi connectivity index (χ4n) is 2.92. The number of para-hydroxylation sites is 1. The van der Waals surface area contributed by atoms with E-state index >= 15 is 0 Å². The lowest BCUT2D eigenvalue weighted by molar-refractivity contribution is -0.138. The molecule has 0 aliphatic rings. The average molecular weight is 415 g/mol. The van der Waals surface area contributed by atoms with Gasteiger partial charge in [0.1, 0.15) is 11.3 Å². The van der Waals surface area contributed by atoms with Crippen LogP contribution in [0, 0.1) is 0 Å². The number of aromatic hydroxyl groups is 1. The predicted octanol–water partition coefficient (Wildman–Crippen LogP) is 3.85. The molecular formula is C21H19ClN2O5. The van der Waals surface area contributed by atoms with Crippen molar-refractivity contribution < 1.29 is 24.5 Å². The Labute approximate surface area is 172 Å². The Morgan fingerprint density at radius 3 is 2.41 bits per heavy atom. The first kappa shape index (κ1) is 20.4. The fourth-order valence-corrected chi connectivity index (χ4v) is 3.14. The van der Waals surface area contributed by atoms with Gasteiger partial charge < -0.3 is 14.9 Å². The number of benzene rings is 2. The molecule has 0 amide bonds. The van der Waals surface area contributed by atoms with Crippen LogP contribution in [0.15, 0.2) is 48.5 Å². The van der Waals surface area contributed by atoms with E-state index in [2.05, 4.69) is 5.10 Å². The molecule has 1 heterocycles. The van der Waals surface area contributed by atoms with Crippen LogP contribution in [0.1, 0.15) is 34.5 Å². The van der Waals surface area contributed by atoms with Gasteiger partial charge in [-0.2, -0.15) is 9.78 Å². The summed E-state index contributed by atoms with van der Waals surface area (Å²) in [6.45, 7) is 1.41. The number of carbonyl (C=O) groups is 2. The van der Waals surface area contributed by atoms with E-state index in [4.69, 9.17) is 16.3 Å². The molecule has 0 bridgehead atoms. The zero-order chi connectivity index (χ0) is 21.1. The first-order chi connectivity index (χ1) is 13.8. The molecule has 8 heteroatoms. The number of carboxylic acids is 1. The number of carboxylic acid groups (broad SMARTS) is 1. The number of rotatable bonds is 7. The Morgan fingerprint density at radius 2 is 1.83 bits per heavy atom. The minimum atomic E-state index is -1.16. The smallest absolute Gasteiger partial charge is 0.312 e. The van der Waals surface area contributed by atoms with Crippen molar-refractivity contribution in [2.75, 3.05) is 7.11 Å². The molecule has 1 aromatic heterocycles. The monoisotopic (exact) mass is 414 g/mol. The third-order valence-corrected chi connectivity index (χ3v) is 4.87.